The van der Waals surface area contributed by atoms with E-state index in [1.165, 1.54) is 12.3 Å². The number of nitrogens with one attached hydrogen (secondary N) is 2. The first-order valence-corrected chi connectivity index (χ1v) is 12.5. The van der Waals surface area contributed by atoms with E-state index in [4.69, 9.17) is 10.6 Å². The molecule has 2 amide bonds. The number of aliphatic hydroxyl groups is 2. The molecule has 0 radical (unpaired) electrons. The van der Waals surface area contributed by atoms with Gasteiger partial charge in [0.1, 0.15) is 11.9 Å². The lowest BCUT2D eigenvalue weighted by molar-refractivity contribution is -0.151. The number of nitrogens with zero attached hydrogens (tertiary/aromatic N) is 3. The Bertz CT molecular complexity index is 1470. The number of nitrogens with two attached hydrogens (primary N) is 1. The van der Waals surface area contributed by atoms with Gasteiger partial charge in [-0.25, -0.2) is 20.4 Å². The van der Waals surface area contributed by atoms with Crippen molar-refractivity contribution in [2.45, 2.75) is 44.2 Å². The molecule has 1 aliphatic heterocycles. The molecule has 7 N–H and O–H groups in total. The first kappa shape index (κ1) is 28.6. The van der Waals surface area contributed by atoms with Gasteiger partial charge >= 0.3 is 11.7 Å². The third-order valence-corrected chi connectivity index (χ3v) is 6.83. The number of para-hydroxylation sites is 1. The summed E-state index contributed by atoms with van der Waals surface area (Å²) in [6.45, 7) is 3.66. The maximum atomic E-state index is 13.4. The molecule has 3 atom stereocenters. The van der Waals surface area contributed by atoms with Crippen molar-refractivity contribution < 1.29 is 34.4 Å². The second-order valence-electron chi connectivity index (χ2n) is 9.36. The van der Waals surface area contributed by atoms with Crippen LogP contribution in [0.3, 0.4) is 0 Å². The third kappa shape index (κ3) is 6.10. The van der Waals surface area contributed by atoms with Gasteiger partial charge in [0.25, 0.3) is 0 Å². The number of benzene rings is 1. The Balaban J connectivity index is 1.45. The number of hydrogen-bond acceptors (Lipinski definition) is 9. The van der Waals surface area contributed by atoms with Gasteiger partial charge in [-0.1, -0.05) is 24.8 Å². The largest absolute Gasteiger partial charge is 0.480 e. The standard InChI is InChI=1S/C26H30N6O8/c1-14-17(24(35)36)13-40-23(14)31(20-10-11-28-26(39)30-20)21(33)9-7-19(25(37)38)32(27)22(34)8-6-15-12-29-18-5-3-2-4-16(15)18/h2-5,10-12,17,19,23-24,29,35-36H,1,6-9,13,27H2,(H,37,38)(H,28,30,39)/t17-,19+,23?/m1/s1. The van der Waals surface area contributed by atoms with Gasteiger partial charge in [0.2, 0.25) is 11.8 Å². The van der Waals surface area contributed by atoms with Crippen LogP contribution in [0.5, 0.6) is 0 Å². The average Bonchev–Trinajstić information content (AvgIpc) is 3.51. The van der Waals surface area contributed by atoms with E-state index in [0.717, 1.165) is 21.4 Å². The molecule has 1 saturated heterocycles. The summed E-state index contributed by atoms with van der Waals surface area (Å²) in [6.07, 6.45) is -0.506. The average molecular weight is 555 g/mol. The van der Waals surface area contributed by atoms with Crippen molar-refractivity contribution in [3.8, 4) is 0 Å². The fourth-order valence-corrected chi connectivity index (χ4v) is 4.65. The second-order valence-corrected chi connectivity index (χ2v) is 9.36. The normalized spacial score (nSPS) is 17.8. The molecule has 1 unspecified atom stereocenters. The number of ether oxygens (including phenoxy) is 1. The molecule has 212 valence electrons. The number of carbonyl (C=O) groups excluding carboxylic acids is 2. The molecule has 14 heteroatoms. The Morgan fingerprint density at radius 3 is 2.60 bits per heavy atom. The molecule has 14 nitrogen and oxygen atoms in total. The zero-order chi connectivity index (χ0) is 29.0. The quantitative estimate of drug-likeness (QED) is 0.0613. The molecular weight excluding hydrogens is 524 g/mol. The van der Waals surface area contributed by atoms with Gasteiger partial charge in [0.15, 0.2) is 12.5 Å². The van der Waals surface area contributed by atoms with Crippen molar-refractivity contribution in [2.24, 2.45) is 11.8 Å². The molecule has 1 fully saturated rings. The summed E-state index contributed by atoms with van der Waals surface area (Å²) in [6, 6.07) is 7.37. The lowest BCUT2D eigenvalue weighted by Gasteiger charge is -2.30. The van der Waals surface area contributed by atoms with Crippen molar-refractivity contribution in [3.63, 3.8) is 0 Å². The monoisotopic (exact) mass is 554 g/mol. The summed E-state index contributed by atoms with van der Waals surface area (Å²) in [7, 11) is 0. The fraction of sp³-hybridized carbons (Fsp3) is 0.346. The molecule has 4 rings (SSSR count). The van der Waals surface area contributed by atoms with Gasteiger partial charge in [0.05, 0.1) is 12.5 Å². The van der Waals surface area contributed by atoms with Crippen LogP contribution >= 0.6 is 0 Å². The zero-order valence-corrected chi connectivity index (χ0v) is 21.4. The lowest BCUT2D eigenvalue weighted by atomic mass is 10.0. The number of hydrogen-bond donors (Lipinski definition) is 6. The first-order chi connectivity index (χ1) is 19.1. The Labute approximate surface area is 227 Å². The predicted octanol–water partition coefficient (Wildman–Crippen LogP) is -0.00790. The van der Waals surface area contributed by atoms with Crippen molar-refractivity contribution in [2.75, 3.05) is 11.5 Å². The number of aliphatic hydroxyl groups excluding tert-OH is 1. The van der Waals surface area contributed by atoms with E-state index in [-0.39, 0.29) is 30.8 Å². The highest BCUT2D eigenvalue weighted by Crippen LogP contribution is 2.32. The number of carboxylic acids is 1. The number of H-pyrrole nitrogens is 2. The number of aromatic amines is 2. The SMILES string of the molecule is C=C1C(N(C(=O)CC[C@@H](C(=O)O)N(N)C(=O)CCc2c[nH]c3ccccc23)c2ccnc(=O)[nH]2)OC[C@H]1C(O)O. The van der Waals surface area contributed by atoms with Gasteiger partial charge < -0.3 is 25.0 Å². The molecule has 2 aromatic heterocycles. The van der Waals surface area contributed by atoms with Crippen LogP contribution in [0.15, 0.2) is 59.7 Å². The highest BCUT2D eigenvalue weighted by Gasteiger charge is 2.40. The van der Waals surface area contributed by atoms with Crippen LogP contribution in [0.1, 0.15) is 24.8 Å². The number of aliphatic carboxylic acids is 1. The van der Waals surface area contributed by atoms with E-state index in [2.05, 4.69) is 21.5 Å². The molecule has 0 saturated carbocycles. The van der Waals surface area contributed by atoms with Gasteiger partial charge in [-0.05, 0) is 36.1 Å². The Kier molecular flexibility index (Phi) is 8.74. The van der Waals surface area contributed by atoms with Crippen LogP contribution in [-0.4, -0.2) is 78.2 Å². The van der Waals surface area contributed by atoms with E-state index in [9.17, 15) is 34.5 Å². The first-order valence-electron chi connectivity index (χ1n) is 12.5. The van der Waals surface area contributed by atoms with Crippen LogP contribution in [0.2, 0.25) is 0 Å². The predicted molar refractivity (Wildman–Crippen MR) is 141 cm³/mol. The second kappa shape index (κ2) is 12.2. The lowest BCUT2D eigenvalue weighted by Crippen LogP contribution is -2.50. The number of carbonyl (C=O) groups is 3. The summed E-state index contributed by atoms with van der Waals surface area (Å²) in [4.78, 5) is 60.1. The number of aromatic nitrogens is 3. The highest BCUT2D eigenvalue weighted by molar-refractivity contribution is 5.94. The molecule has 0 spiro atoms. The highest BCUT2D eigenvalue weighted by atomic mass is 16.5. The number of aryl methyl sites for hydroxylation is 1. The minimum Gasteiger partial charge on any atom is -0.480 e. The summed E-state index contributed by atoms with van der Waals surface area (Å²) < 4.78 is 5.59. The van der Waals surface area contributed by atoms with Crippen LogP contribution in [-0.2, 0) is 25.5 Å². The van der Waals surface area contributed by atoms with Crippen molar-refractivity contribution in [1.82, 2.24) is 20.0 Å². The van der Waals surface area contributed by atoms with Crippen molar-refractivity contribution >= 4 is 34.5 Å². The van der Waals surface area contributed by atoms with Gasteiger partial charge in [0, 0.05) is 36.1 Å². The summed E-state index contributed by atoms with van der Waals surface area (Å²) >= 11 is 0. The molecule has 1 aliphatic rings. The van der Waals surface area contributed by atoms with E-state index >= 15 is 0 Å². The van der Waals surface area contributed by atoms with E-state index in [0.29, 0.717) is 11.4 Å². The fourth-order valence-electron chi connectivity index (χ4n) is 4.65. The van der Waals surface area contributed by atoms with Crippen molar-refractivity contribution in [3.05, 3.63) is 70.9 Å². The van der Waals surface area contributed by atoms with E-state index in [1.807, 2.05) is 24.3 Å². The molecule has 40 heavy (non-hydrogen) atoms. The summed E-state index contributed by atoms with van der Waals surface area (Å²) in [5, 5.41) is 30.6. The maximum absolute atomic E-state index is 13.4. The van der Waals surface area contributed by atoms with Gasteiger partial charge in [-0.3, -0.25) is 24.5 Å². The smallest absolute Gasteiger partial charge is 0.346 e. The molecule has 0 aliphatic carbocycles. The number of amides is 2. The van der Waals surface area contributed by atoms with Crippen LogP contribution in [0.4, 0.5) is 5.82 Å². The molecular formula is C26H30N6O8. The van der Waals surface area contributed by atoms with Crippen LogP contribution < -0.4 is 16.4 Å². The Hall–Kier alpha value is -4.37. The van der Waals surface area contributed by atoms with Crippen LogP contribution in [0.25, 0.3) is 10.9 Å². The van der Waals surface area contributed by atoms with Crippen molar-refractivity contribution in [1.29, 1.82) is 0 Å². The molecule has 3 heterocycles. The molecule has 0 bridgehead atoms. The molecule has 1 aromatic carbocycles. The van der Waals surface area contributed by atoms with Crippen LogP contribution in [0, 0.1) is 5.92 Å². The Morgan fingerprint density at radius 2 is 1.93 bits per heavy atom. The van der Waals surface area contributed by atoms with Gasteiger partial charge in [-0.15, -0.1) is 0 Å². The zero-order valence-electron chi connectivity index (χ0n) is 21.4. The topological polar surface area (TPSA) is 215 Å². The van der Waals surface area contributed by atoms with E-state index < -0.39 is 54.4 Å². The minimum atomic E-state index is -1.79. The molecule has 3 aromatic rings. The number of rotatable bonds is 11. The maximum Gasteiger partial charge on any atom is 0.346 e. The minimum absolute atomic E-state index is 0.0180. The Morgan fingerprint density at radius 1 is 1.18 bits per heavy atom. The number of carboxylic acid groups (broad SMARTS) is 1. The number of fused-ring (bicyclic) bond motifs is 1. The summed E-state index contributed by atoms with van der Waals surface area (Å²) in [5.41, 5.74) is 1.20. The third-order valence-electron chi connectivity index (χ3n) is 6.83. The number of hydrazine groups is 1. The summed E-state index contributed by atoms with van der Waals surface area (Å²) in [5.74, 6) is 2.31. The number of anilines is 1. The van der Waals surface area contributed by atoms with Gasteiger partial charge in [-0.2, -0.15) is 0 Å². The van der Waals surface area contributed by atoms with E-state index in [1.54, 1.807) is 6.20 Å².